The first kappa shape index (κ1) is 20.4. The second-order valence-corrected chi connectivity index (χ2v) is 7.86. The first-order valence-electron chi connectivity index (χ1n) is 10.2. The van der Waals surface area contributed by atoms with Crippen LogP contribution >= 0.6 is 0 Å². The van der Waals surface area contributed by atoms with Crippen LogP contribution in [-0.2, 0) is 4.79 Å². The zero-order chi connectivity index (χ0) is 22.1. The summed E-state index contributed by atoms with van der Waals surface area (Å²) < 4.78 is 0. The quantitative estimate of drug-likeness (QED) is 0.686. The van der Waals surface area contributed by atoms with Gasteiger partial charge in [0.25, 0.3) is 0 Å². The summed E-state index contributed by atoms with van der Waals surface area (Å²) >= 11 is 0. The van der Waals surface area contributed by atoms with Gasteiger partial charge in [0, 0.05) is 30.5 Å². The van der Waals surface area contributed by atoms with Gasteiger partial charge in [0.05, 0.1) is 28.7 Å². The zero-order valence-corrected chi connectivity index (χ0v) is 18.0. The van der Waals surface area contributed by atoms with E-state index in [1.165, 1.54) is 0 Å². The molecular weight excluding hydrogens is 388 g/mol. The van der Waals surface area contributed by atoms with Crippen LogP contribution in [0.4, 0.5) is 23.0 Å². The molecule has 156 valence electrons. The molecule has 0 saturated heterocycles. The van der Waals surface area contributed by atoms with E-state index in [0.717, 1.165) is 28.3 Å². The van der Waals surface area contributed by atoms with E-state index in [4.69, 9.17) is 5.26 Å². The predicted octanol–water partition coefficient (Wildman–Crippen LogP) is 4.34. The summed E-state index contributed by atoms with van der Waals surface area (Å²) in [6.07, 6.45) is 1.69. The van der Waals surface area contributed by atoms with Gasteiger partial charge in [0.15, 0.2) is 0 Å². The molecule has 0 unspecified atom stereocenters. The van der Waals surface area contributed by atoms with Gasteiger partial charge in [0.1, 0.15) is 6.04 Å². The number of benzene rings is 2. The van der Waals surface area contributed by atoms with Crippen LogP contribution in [0.25, 0.3) is 11.3 Å². The number of nitrogens with zero attached hydrogens (tertiary/aromatic N) is 5. The SMILES string of the molecule is CC(C)N1c2cc(Nc3nccc(-c4cccc(C#N)c4)n3)ccc2N(C)C(=O)[C@H]1C. The average molecular weight is 412 g/mol. The normalized spacial score (nSPS) is 15.6. The molecule has 0 spiro atoms. The van der Waals surface area contributed by atoms with E-state index in [1.807, 2.05) is 50.4 Å². The molecule has 0 fully saturated rings. The number of hydrogen-bond donors (Lipinski definition) is 1. The van der Waals surface area contributed by atoms with Crippen molar-refractivity contribution in [3.05, 3.63) is 60.3 Å². The van der Waals surface area contributed by atoms with Crippen LogP contribution < -0.4 is 15.1 Å². The second kappa shape index (κ2) is 8.07. The summed E-state index contributed by atoms with van der Waals surface area (Å²) in [4.78, 5) is 25.4. The lowest BCUT2D eigenvalue weighted by atomic mass is 10.0. The van der Waals surface area contributed by atoms with Crippen molar-refractivity contribution >= 4 is 28.9 Å². The van der Waals surface area contributed by atoms with E-state index in [0.29, 0.717) is 11.5 Å². The number of fused-ring (bicyclic) bond motifs is 1. The number of aromatic nitrogens is 2. The van der Waals surface area contributed by atoms with Gasteiger partial charge in [-0.1, -0.05) is 12.1 Å². The molecule has 7 heteroatoms. The van der Waals surface area contributed by atoms with Gasteiger partial charge in [-0.15, -0.1) is 0 Å². The van der Waals surface area contributed by atoms with E-state index < -0.39 is 0 Å². The molecule has 1 aliphatic heterocycles. The summed E-state index contributed by atoms with van der Waals surface area (Å²) in [7, 11) is 1.81. The minimum absolute atomic E-state index is 0.0811. The van der Waals surface area contributed by atoms with Gasteiger partial charge in [-0.2, -0.15) is 5.26 Å². The third kappa shape index (κ3) is 3.80. The van der Waals surface area contributed by atoms with E-state index >= 15 is 0 Å². The molecule has 1 atom stereocenters. The molecule has 0 radical (unpaired) electrons. The highest BCUT2D eigenvalue weighted by molar-refractivity contribution is 6.05. The number of likely N-dealkylation sites (N-methyl/N-ethyl adjacent to an activating group) is 1. The van der Waals surface area contributed by atoms with Gasteiger partial charge in [-0.05, 0) is 57.2 Å². The van der Waals surface area contributed by atoms with Crippen molar-refractivity contribution in [3.63, 3.8) is 0 Å². The van der Waals surface area contributed by atoms with Crippen molar-refractivity contribution in [2.45, 2.75) is 32.9 Å². The molecule has 31 heavy (non-hydrogen) atoms. The number of nitrogens with one attached hydrogen (secondary N) is 1. The average Bonchev–Trinajstić information content (AvgIpc) is 2.77. The Bertz CT molecular complexity index is 1180. The van der Waals surface area contributed by atoms with Crippen LogP contribution in [0.2, 0.25) is 0 Å². The molecule has 4 rings (SSSR count). The minimum atomic E-state index is -0.236. The number of carbonyl (C=O) groups excluding carboxylic acids is 1. The smallest absolute Gasteiger partial charge is 0.249 e. The van der Waals surface area contributed by atoms with E-state index in [-0.39, 0.29) is 18.0 Å². The molecule has 2 heterocycles. The maximum Gasteiger partial charge on any atom is 0.249 e. The third-order valence-electron chi connectivity index (χ3n) is 5.48. The van der Waals surface area contributed by atoms with Crippen molar-refractivity contribution in [2.24, 2.45) is 0 Å². The Hall–Kier alpha value is -3.92. The second-order valence-electron chi connectivity index (χ2n) is 7.86. The fourth-order valence-electron chi connectivity index (χ4n) is 4.00. The Labute approximate surface area is 182 Å². The molecule has 2 aromatic carbocycles. The maximum absolute atomic E-state index is 12.6. The predicted molar refractivity (Wildman–Crippen MR) is 122 cm³/mol. The Kier molecular flexibility index (Phi) is 5.30. The molecule has 1 aromatic heterocycles. The number of hydrogen-bond acceptors (Lipinski definition) is 6. The summed E-state index contributed by atoms with van der Waals surface area (Å²) in [5.41, 5.74) is 4.88. The first-order valence-corrected chi connectivity index (χ1v) is 10.2. The number of nitriles is 1. The van der Waals surface area contributed by atoms with Crippen molar-refractivity contribution in [1.82, 2.24) is 9.97 Å². The molecule has 1 amide bonds. The third-order valence-corrected chi connectivity index (χ3v) is 5.48. The molecule has 3 aromatic rings. The molecule has 0 aliphatic carbocycles. The maximum atomic E-state index is 12.6. The fraction of sp³-hybridized carbons (Fsp3) is 0.250. The molecule has 1 N–H and O–H groups in total. The molecule has 7 nitrogen and oxygen atoms in total. The summed E-state index contributed by atoms with van der Waals surface area (Å²) in [6, 6.07) is 17.1. The van der Waals surface area contributed by atoms with Gasteiger partial charge in [-0.3, -0.25) is 4.79 Å². The molecular formula is C24H24N6O. The van der Waals surface area contributed by atoms with Gasteiger partial charge < -0.3 is 15.1 Å². The lowest BCUT2D eigenvalue weighted by Gasteiger charge is -2.42. The highest BCUT2D eigenvalue weighted by atomic mass is 16.2. The van der Waals surface area contributed by atoms with Crippen LogP contribution in [0.3, 0.4) is 0 Å². The Morgan fingerprint density at radius 2 is 1.94 bits per heavy atom. The number of rotatable bonds is 4. The highest BCUT2D eigenvalue weighted by Gasteiger charge is 2.34. The first-order chi connectivity index (χ1) is 14.9. The van der Waals surface area contributed by atoms with Crippen LogP contribution in [0.15, 0.2) is 54.7 Å². The Morgan fingerprint density at radius 1 is 1.13 bits per heavy atom. The largest absolute Gasteiger partial charge is 0.356 e. The fourth-order valence-corrected chi connectivity index (χ4v) is 4.00. The van der Waals surface area contributed by atoms with E-state index in [1.54, 1.807) is 23.2 Å². The van der Waals surface area contributed by atoms with Crippen LogP contribution in [-0.4, -0.2) is 35.0 Å². The molecule has 0 saturated carbocycles. The van der Waals surface area contributed by atoms with Gasteiger partial charge in [-0.25, -0.2) is 9.97 Å². The molecule has 0 bridgehead atoms. The topological polar surface area (TPSA) is 85.2 Å². The lowest BCUT2D eigenvalue weighted by Crippen LogP contribution is -2.53. The molecule has 1 aliphatic rings. The number of amides is 1. The Balaban J connectivity index is 1.67. The minimum Gasteiger partial charge on any atom is -0.356 e. The zero-order valence-electron chi connectivity index (χ0n) is 18.0. The van der Waals surface area contributed by atoms with Crippen molar-refractivity contribution in [1.29, 1.82) is 5.26 Å². The van der Waals surface area contributed by atoms with Gasteiger partial charge >= 0.3 is 0 Å². The highest BCUT2D eigenvalue weighted by Crippen LogP contribution is 2.39. The van der Waals surface area contributed by atoms with Crippen molar-refractivity contribution in [3.8, 4) is 17.3 Å². The van der Waals surface area contributed by atoms with Crippen LogP contribution in [0.5, 0.6) is 0 Å². The monoisotopic (exact) mass is 412 g/mol. The standard InChI is InChI=1S/C24H24N6O/c1-15(2)30-16(3)23(31)29(4)21-9-8-19(13-22(21)30)27-24-26-11-10-20(28-24)18-7-5-6-17(12-18)14-25/h5-13,15-16H,1-4H3,(H,26,27,28)/t16-/m1/s1. The number of anilines is 4. The summed E-state index contributed by atoms with van der Waals surface area (Å²) in [5, 5.41) is 12.4. The number of carbonyl (C=O) groups is 1. The van der Waals surface area contributed by atoms with Crippen molar-refractivity contribution < 1.29 is 4.79 Å². The summed E-state index contributed by atoms with van der Waals surface area (Å²) in [6.45, 7) is 6.10. The Morgan fingerprint density at radius 3 is 2.68 bits per heavy atom. The summed E-state index contributed by atoms with van der Waals surface area (Å²) in [5.74, 6) is 0.543. The van der Waals surface area contributed by atoms with Crippen LogP contribution in [0, 0.1) is 11.3 Å². The van der Waals surface area contributed by atoms with E-state index in [2.05, 4.69) is 40.1 Å². The van der Waals surface area contributed by atoms with Crippen LogP contribution in [0.1, 0.15) is 26.3 Å². The van der Waals surface area contributed by atoms with E-state index in [9.17, 15) is 4.79 Å². The van der Waals surface area contributed by atoms with Crippen molar-refractivity contribution in [2.75, 3.05) is 22.2 Å². The van der Waals surface area contributed by atoms with Gasteiger partial charge in [0.2, 0.25) is 11.9 Å². The lowest BCUT2D eigenvalue weighted by molar-refractivity contribution is -0.119.